The van der Waals surface area contributed by atoms with E-state index in [0.29, 0.717) is 6.61 Å². The average Bonchev–Trinajstić information content (AvgIpc) is 2.96. The number of amides is 1. The summed E-state index contributed by atoms with van der Waals surface area (Å²) in [6, 6.07) is 20.3. The van der Waals surface area contributed by atoms with Crippen LogP contribution >= 0.6 is 0 Å². The molecule has 2 atom stereocenters. The molecule has 0 spiro atoms. The number of rotatable bonds is 5. The van der Waals surface area contributed by atoms with E-state index in [9.17, 15) is 4.79 Å². The van der Waals surface area contributed by atoms with Crippen LogP contribution in [0.25, 0.3) is 0 Å². The summed E-state index contributed by atoms with van der Waals surface area (Å²) in [5, 5.41) is 6.39. The second-order valence-corrected chi connectivity index (χ2v) is 5.10. The first-order chi connectivity index (χ1) is 10.3. The summed E-state index contributed by atoms with van der Waals surface area (Å²) in [4.78, 5) is 11.3. The molecule has 0 aliphatic carbocycles. The quantitative estimate of drug-likeness (QED) is 0.886. The van der Waals surface area contributed by atoms with Gasteiger partial charge < -0.3 is 15.4 Å². The molecule has 2 aromatic carbocycles. The molecule has 0 unspecified atom stereocenters. The minimum Gasteiger partial charge on any atom is -0.447 e. The zero-order valence-corrected chi connectivity index (χ0v) is 11.7. The van der Waals surface area contributed by atoms with Gasteiger partial charge in [0.25, 0.3) is 0 Å². The summed E-state index contributed by atoms with van der Waals surface area (Å²) < 4.78 is 5.03. The van der Waals surface area contributed by atoms with E-state index in [1.54, 1.807) is 0 Å². The molecule has 1 fully saturated rings. The van der Waals surface area contributed by atoms with Crippen molar-refractivity contribution in [2.75, 3.05) is 6.61 Å². The molecule has 1 aliphatic heterocycles. The van der Waals surface area contributed by atoms with Crippen LogP contribution in [0.1, 0.15) is 17.2 Å². The van der Waals surface area contributed by atoms with Gasteiger partial charge in [-0.25, -0.2) is 4.79 Å². The van der Waals surface area contributed by atoms with Crippen LogP contribution in [0.15, 0.2) is 60.7 Å². The summed E-state index contributed by atoms with van der Waals surface area (Å²) in [5.74, 6) is 0. The highest BCUT2D eigenvalue weighted by molar-refractivity contribution is 5.69. The van der Waals surface area contributed by atoms with Gasteiger partial charge in [-0.2, -0.15) is 0 Å². The van der Waals surface area contributed by atoms with Crippen molar-refractivity contribution < 1.29 is 9.53 Å². The van der Waals surface area contributed by atoms with Gasteiger partial charge in [0.15, 0.2) is 0 Å². The number of cyclic esters (lactones) is 1. The maximum atomic E-state index is 11.3. The molecule has 2 N–H and O–H groups in total. The highest BCUT2D eigenvalue weighted by Crippen LogP contribution is 2.20. The second-order valence-electron chi connectivity index (χ2n) is 5.10. The zero-order chi connectivity index (χ0) is 14.5. The van der Waals surface area contributed by atoms with Gasteiger partial charge in [0.1, 0.15) is 6.61 Å². The predicted molar refractivity (Wildman–Crippen MR) is 80.7 cm³/mol. The van der Waals surface area contributed by atoms with Crippen molar-refractivity contribution in [3.8, 4) is 0 Å². The van der Waals surface area contributed by atoms with Crippen molar-refractivity contribution in [3.05, 3.63) is 71.8 Å². The lowest BCUT2D eigenvalue weighted by Gasteiger charge is -2.24. The number of ether oxygens (including phenoxy) is 1. The van der Waals surface area contributed by atoms with E-state index >= 15 is 0 Å². The third kappa shape index (κ3) is 3.41. The molecule has 1 heterocycles. The number of alkyl carbamates (subject to hydrolysis) is 1. The van der Waals surface area contributed by atoms with Gasteiger partial charge in [-0.1, -0.05) is 60.7 Å². The van der Waals surface area contributed by atoms with Gasteiger partial charge in [-0.15, -0.1) is 0 Å². The lowest BCUT2D eigenvalue weighted by molar-refractivity contribution is 0.175. The number of nitrogens with one attached hydrogen (secondary N) is 2. The minimum absolute atomic E-state index is 0.0258. The molecule has 1 saturated heterocycles. The zero-order valence-electron chi connectivity index (χ0n) is 11.7. The fourth-order valence-corrected chi connectivity index (χ4v) is 2.56. The standard InChI is InChI=1S/C17H18N2O2/c20-17-19-15(12-21-17)16(14-9-5-2-6-10-14)18-11-13-7-3-1-4-8-13/h1-10,15-16,18H,11-12H2,(H,19,20)/t15-,16+/m1/s1. The van der Waals surface area contributed by atoms with Crippen molar-refractivity contribution in [1.82, 2.24) is 10.6 Å². The molecule has 0 bridgehead atoms. The maximum Gasteiger partial charge on any atom is 0.407 e. The van der Waals surface area contributed by atoms with Crippen LogP contribution in [-0.2, 0) is 11.3 Å². The largest absolute Gasteiger partial charge is 0.447 e. The highest BCUT2D eigenvalue weighted by atomic mass is 16.6. The third-order valence-electron chi connectivity index (χ3n) is 3.63. The smallest absolute Gasteiger partial charge is 0.407 e. The van der Waals surface area contributed by atoms with E-state index < -0.39 is 0 Å². The second kappa shape index (κ2) is 6.41. The minimum atomic E-state index is -0.345. The fourth-order valence-electron chi connectivity index (χ4n) is 2.56. The van der Waals surface area contributed by atoms with Crippen LogP contribution in [-0.4, -0.2) is 18.7 Å². The molecule has 0 aromatic heterocycles. The van der Waals surface area contributed by atoms with E-state index in [1.165, 1.54) is 5.56 Å². The van der Waals surface area contributed by atoms with Crippen LogP contribution in [0.3, 0.4) is 0 Å². The SMILES string of the molecule is O=C1N[C@@H]([C@@H](NCc2ccccc2)c2ccccc2)CO1. The summed E-state index contributed by atoms with van der Waals surface area (Å²) >= 11 is 0. The van der Waals surface area contributed by atoms with E-state index in [2.05, 4.69) is 34.9 Å². The Balaban J connectivity index is 1.74. The van der Waals surface area contributed by atoms with Crippen molar-refractivity contribution >= 4 is 6.09 Å². The van der Waals surface area contributed by atoms with Crippen LogP contribution < -0.4 is 10.6 Å². The maximum absolute atomic E-state index is 11.3. The summed E-state index contributed by atoms with van der Waals surface area (Å²) in [7, 11) is 0. The summed E-state index contributed by atoms with van der Waals surface area (Å²) in [5.41, 5.74) is 2.35. The number of hydrogen-bond acceptors (Lipinski definition) is 3. The Labute approximate surface area is 124 Å². The summed E-state index contributed by atoms with van der Waals surface area (Å²) in [6.45, 7) is 1.13. The Hall–Kier alpha value is -2.33. The van der Waals surface area contributed by atoms with Gasteiger partial charge in [0.05, 0.1) is 12.1 Å². The van der Waals surface area contributed by atoms with E-state index in [1.807, 2.05) is 36.4 Å². The van der Waals surface area contributed by atoms with Gasteiger partial charge in [0, 0.05) is 6.54 Å². The molecule has 21 heavy (non-hydrogen) atoms. The summed E-state index contributed by atoms with van der Waals surface area (Å²) in [6.07, 6.45) is -0.345. The van der Waals surface area contributed by atoms with E-state index in [4.69, 9.17) is 4.74 Å². The topological polar surface area (TPSA) is 50.4 Å². The van der Waals surface area contributed by atoms with Gasteiger partial charge in [0.2, 0.25) is 0 Å². The monoisotopic (exact) mass is 282 g/mol. The van der Waals surface area contributed by atoms with Crippen molar-refractivity contribution in [2.45, 2.75) is 18.6 Å². The lowest BCUT2D eigenvalue weighted by Crippen LogP contribution is -2.40. The molecule has 1 amide bonds. The van der Waals surface area contributed by atoms with Crippen LogP contribution in [0.5, 0.6) is 0 Å². The molecule has 1 aliphatic rings. The average molecular weight is 282 g/mol. The molecule has 0 radical (unpaired) electrons. The first kappa shape index (κ1) is 13.6. The molecular formula is C17H18N2O2. The van der Waals surface area contributed by atoms with E-state index in [0.717, 1.165) is 12.1 Å². The van der Waals surface area contributed by atoms with Gasteiger partial charge >= 0.3 is 6.09 Å². The molecule has 4 nitrogen and oxygen atoms in total. The normalized spacial score (nSPS) is 18.9. The molecule has 0 saturated carbocycles. The number of carbonyl (C=O) groups is 1. The Morgan fingerprint density at radius 2 is 1.76 bits per heavy atom. The molecular weight excluding hydrogens is 264 g/mol. The predicted octanol–water partition coefficient (Wildman–Crippen LogP) is 2.63. The number of hydrogen-bond donors (Lipinski definition) is 2. The Bertz CT molecular complexity index is 586. The molecule has 3 rings (SSSR count). The fraction of sp³-hybridized carbons (Fsp3) is 0.235. The number of benzene rings is 2. The molecule has 108 valence electrons. The first-order valence-electron chi connectivity index (χ1n) is 7.08. The Kier molecular flexibility index (Phi) is 4.17. The van der Waals surface area contributed by atoms with Crippen LogP contribution in [0.2, 0.25) is 0 Å². The van der Waals surface area contributed by atoms with E-state index in [-0.39, 0.29) is 18.2 Å². The number of carbonyl (C=O) groups excluding carboxylic acids is 1. The lowest BCUT2D eigenvalue weighted by atomic mass is 9.99. The van der Waals surface area contributed by atoms with Crippen molar-refractivity contribution in [2.24, 2.45) is 0 Å². The van der Waals surface area contributed by atoms with Gasteiger partial charge in [-0.3, -0.25) is 0 Å². The van der Waals surface area contributed by atoms with Gasteiger partial charge in [-0.05, 0) is 11.1 Å². The Morgan fingerprint density at radius 1 is 1.10 bits per heavy atom. The van der Waals surface area contributed by atoms with Crippen LogP contribution in [0, 0.1) is 0 Å². The van der Waals surface area contributed by atoms with Crippen molar-refractivity contribution in [1.29, 1.82) is 0 Å². The third-order valence-corrected chi connectivity index (χ3v) is 3.63. The first-order valence-corrected chi connectivity index (χ1v) is 7.08. The highest BCUT2D eigenvalue weighted by Gasteiger charge is 2.30. The molecule has 2 aromatic rings. The Morgan fingerprint density at radius 3 is 2.38 bits per heavy atom. The molecule has 4 heteroatoms. The van der Waals surface area contributed by atoms with Crippen LogP contribution in [0.4, 0.5) is 4.79 Å². The van der Waals surface area contributed by atoms with Crippen molar-refractivity contribution in [3.63, 3.8) is 0 Å².